The van der Waals surface area contributed by atoms with Gasteiger partial charge in [-0.05, 0) is 36.2 Å². The summed E-state index contributed by atoms with van der Waals surface area (Å²) in [6.45, 7) is 0.587. The van der Waals surface area contributed by atoms with Gasteiger partial charge in [-0.1, -0.05) is 24.3 Å². The van der Waals surface area contributed by atoms with Crippen molar-refractivity contribution < 1.29 is 14.3 Å². The van der Waals surface area contributed by atoms with Crippen LogP contribution < -0.4 is 9.47 Å². The molecule has 0 aromatic heterocycles. The van der Waals surface area contributed by atoms with Crippen molar-refractivity contribution >= 4 is 17.7 Å². The molecule has 0 unspecified atom stereocenters. The Morgan fingerprint density at radius 1 is 1.08 bits per heavy atom. The zero-order valence-electron chi connectivity index (χ0n) is 13.9. The van der Waals surface area contributed by atoms with Crippen LogP contribution in [0.3, 0.4) is 0 Å². The van der Waals surface area contributed by atoms with E-state index in [0.29, 0.717) is 24.5 Å². The minimum Gasteiger partial charge on any atom is -0.493 e. The number of carbonyl (C=O) groups is 1. The lowest BCUT2D eigenvalue weighted by molar-refractivity contribution is -0.128. The van der Waals surface area contributed by atoms with Gasteiger partial charge in [-0.2, -0.15) is 0 Å². The van der Waals surface area contributed by atoms with Crippen molar-refractivity contribution in [2.45, 2.75) is 29.7 Å². The quantitative estimate of drug-likeness (QED) is 0.796. The molecular formula is C19H21NO3S. The van der Waals surface area contributed by atoms with Crippen LogP contribution in [0.25, 0.3) is 0 Å². The molecule has 2 aromatic carbocycles. The predicted molar refractivity (Wildman–Crippen MR) is 95.4 cm³/mol. The van der Waals surface area contributed by atoms with Gasteiger partial charge in [0, 0.05) is 17.9 Å². The van der Waals surface area contributed by atoms with E-state index in [2.05, 4.69) is 12.1 Å². The number of methoxy groups -OCH3 is 2. The average Bonchev–Trinajstić information content (AvgIpc) is 2.96. The number of benzene rings is 2. The van der Waals surface area contributed by atoms with Crippen molar-refractivity contribution in [2.24, 2.45) is 0 Å². The Balaban J connectivity index is 1.75. The minimum atomic E-state index is 0.174. The van der Waals surface area contributed by atoms with Crippen LogP contribution >= 0.6 is 11.8 Å². The van der Waals surface area contributed by atoms with Crippen LogP contribution in [-0.2, 0) is 11.3 Å². The predicted octanol–water partition coefficient (Wildman–Crippen LogP) is 3.94. The second-order valence-corrected chi connectivity index (χ2v) is 6.89. The van der Waals surface area contributed by atoms with E-state index in [-0.39, 0.29) is 11.3 Å². The van der Waals surface area contributed by atoms with Crippen LogP contribution in [0, 0.1) is 0 Å². The highest BCUT2D eigenvalue weighted by atomic mass is 32.2. The lowest BCUT2D eigenvalue weighted by atomic mass is 10.2. The van der Waals surface area contributed by atoms with Crippen molar-refractivity contribution in [3.05, 3.63) is 54.1 Å². The minimum absolute atomic E-state index is 0.174. The first-order valence-corrected chi connectivity index (χ1v) is 8.81. The first-order valence-electron chi connectivity index (χ1n) is 7.93. The van der Waals surface area contributed by atoms with E-state index in [0.717, 1.165) is 12.0 Å². The van der Waals surface area contributed by atoms with Crippen molar-refractivity contribution in [1.29, 1.82) is 0 Å². The third-order valence-corrected chi connectivity index (χ3v) is 5.40. The monoisotopic (exact) mass is 343 g/mol. The highest BCUT2D eigenvalue weighted by molar-refractivity contribution is 8.00. The number of nitrogens with zero attached hydrogens (tertiary/aromatic N) is 1. The first kappa shape index (κ1) is 16.7. The number of thioether (sulfide) groups is 1. The Morgan fingerprint density at radius 3 is 2.54 bits per heavy atom. The SMILES string of the molecule is COc1ccc(CN2C(=O)CC[C@H]2Sc2ccccc2)cc1OC. The summed E-state index contributed by atoms with van der Waals surface area (Å²) < 4.78 is 10.6. The van der Waals surface area contributed by atoms with Crippen molar-refractivity contribution in [3.8, 4) is 11.5 Å². The van der Waals surface area contributed by atoms with Crippen LogP contribution in [0.5, 0.6) is 11.5 Å². The lowest BCUT2D eigenvalue weighted by Crippen LogP contribution is -2.30. The molecule has 0 saturated carbocycles. The van der Waals surface area contributed by atoms with E-state index in [1.807, 2.05) is 41.3 Å². The standard InChI is InChI=1S/C19H21NO3S/c1-22-16-9-8-14(12-17(16)23-2)13-20-18(21)10-11-19(20)24-15-6-4-3-5-7-15/h3-9,12,19H,10-11,13H2,1-2H3/t19-/m1/s1. The molecule has 1 aliphatic rings. The topological polar surface area (TPSA) is 38.8 Å². The molecule has 1 heterocycles. The fraction of sp³-hybridized carbons (Fsp3) is 0.316. The van der Waals surface area contributed by atoms with E-state index in [4.69, 9.17) is 9.47 Å². The summed E-state index contributed by atoms with van der Waals surface area (Å²) in [7, 11) is 3.24. The normalized spacial score (nSPS) is 17.2. The van der Waals surface area contributed by atoms with Gasteiger partial charge in [0.2, 0.25) is 5.91 Å². The summed E-state index contributed by atoms with van der Waals surface area (Å²) in [6, 6.07) is 16.0. The third kappa shape index (κ3) is 3.67. The van der Waals surface area contributed by atoms with Gasteiger partial charge in [0.1, 0.15) is 0 Å². The number of hydrogen-bond acceptors (Lipinski definition) is 4. The maximum absolute atomic E-state index is 12.3. The van der Waals surface area contributed by atoms with Crippen molar-refractivity contribution in [3.63, 3.8) is 0 Å². The van der Waals surface area contributed by atoms with E-state index in [9.17, 15) is 4.79 Å². The van der Waals surface area contributed by atoms with Crippen LogP contribution in [0.4, 0.5) is 0 Å². The summed E-state index contributed by atoms with van der Waals surface area (Å²) in [5.74, 6) is 1.59. The molecule has 1 saturated heterocycles. The first-order chi connectivity index (χ1) is 11.7. The smallest absolute Gasteiger partial charge is 0.223 e. The Bertz CT molecular complexity index is 705. The number of ether oxygens (including phenoxy) is 2. The van der Waals surface area contributed by atoms with Crippen LogP contribution in [0.1, 0.15) is 18.4 Å². The molecule has 0 N–H and O–H groups in total. The third-order valence-electron chi connectivity index (χ3n) is 4.09. The summed E-state index contributed by atoms with van der Waals surface area (Å²) >= 11 is 1.75. The maximum atomic E-state index is 12.3. The molecule has 1 fully saturated rings. The molecule has 2 aromatic rings. The second-order valence-electron chi connectivity index (χ2n) is 5.64. The summed E-state index contributed by atoms with van der Waals surface area (Å²) in [6.07, 6.45) is 1.49. The molecule has 4 nitrogen and oxygen atoms in total. The number of hydrogen-bond donors (Lipinski definition) is 0. The summed E-state index contributed by atoms with van der Waals surface area (Å²) in [5.41, 5.74) is 1.04. The molecular weight excluding hydrogens is 322 g/mol. The largest absolute Gasteiger partial charge is 0.493 e. The van der Waals surface area contributed by atoms with E-state index < -0.39 is 0 Å². The zero-order valence-corrected chi connectivity index (χ0v) is 14.7. The molecule has 5 heteroatoms. The number of amides is 1. The maximum Gasteiger partial charge on any atom is 0.223 e. The van der Waals surface area contributed by atoms with Crippen LogP contribution in [-0.4, -0.2) is 30.4 Å². The van der Waals surface area contributed by atoms with Gasteiger partial charge in [-0.15, -0.1) is 11.8 Å². The molecule has 0 radical (unpaired) electrons. The highest BCUT2D eigenvalue weighted by Crippen LogP contribution is 2.35. The molecule has 1 aliphatic heterocycles. The molecule has 0 aliphatic carbocycles. The molecule has 0 spiro atoms. The number of carbonyl (C=O) groups excluding carboxylic acids is 1. The number of likely N-dealkylation sites (tertiary alicyclic amines) is 1. The molecule has 1 amide bonds. The van der Waals surface area contributed by atoms with Gasteiger partial charge in [-0.3, -0.25) is 4.79 Å². The molecule has 24 heavy (non-hydrogen) atoms. The van der Waals surface area contributed by atoms with E-state index in [1.165, 1.54) is 4.90 Å². The van der Waals surface area contributed by atoms with Gasteiger partial charge in [0.05, 0.1) is 19.6 Å². The van der Waals surface area contributed by atoms with Crippen LogP contribution in [0.15, 0.2) is 53.4 Å². The Labute approximate surface area is 146 Å². The van der Waals surface area contributed by atoms with Crippen LogP contribution in [0.2, 0.25) is 0 Å². The fourth-order valence-corrected chi connectivity index (χ4v) is 4.03. The Hall–Kier alpha value is -2.14. The molecule has 0 bridgehead atoms. The van der Waals surface area contributed by atoms with Gasteiger partial charge >= 0.3 is 0 Å². The van der Waals surface area contributed by atoms with Crippen molar-refractivity contribution in [2.75, 3.05) is 14.2 Å². The molecule has 3 rings (SSSR count). The molecule has 1 atom stereocenters. The highest BCUT2D eigenvalue weighted by Gasteiger charge is 2.31. The molecule has 126 valence electrons. The van der Waals surface area contributed by atoms with Gasteiger partial charge in [0.25, 0.3) is 0 Å². The zero-order chi connectivity index (χ0) is 16.9. The van der Waals surface area contributed by atoms with Gasteiger partial charge < -0.3 is 14.4 Å². The van der Waals surface area contributed by atoms with Gasteiger partial charge in [0.15, 0.2) is 11.5 Å². The second kappa shape index (κ2) is 7.62. The Kier molecular flexibility index (Phi) is 5.30. The summed E-state index contributed by atoms with van der Waals surface area (Å²) in [5, 5.41) is 0.174. The lowest BCUT2D eigenvalue weighted by Gasteiger charge is -2.25. The number of rotatable bonds is 6. The Morgan fingerprint density at radius 2 is 1.83 bits per heavy atom. The van der Waals surface area contributed by atoms with Crippen molar-refractivity contribution in [1.82, 2.24) is 4.90 Å². The van der Waals surface area contributed by atoms with E-state index >= 15 is 0 Å². The average molecular weight is 343 g/mol. The van der Waals surface area contributed by atoms with E-state index in [1.54, 1.807) is 26.0 Å². The van der Waals surface area contributed by atoms with Gasteiger partial charge in [-0.25, -0.2) is 0 Å². The fourth-order valence-electron chi connectivity index (χ4n) is 2.85. The summed E-state index contributed by atoms with van der Waals surface area (Å²) in [4.78, 5) is 15.5.